The number of rotatable bonds is 7. The third kappa shape index (κ3) is 6.42. The Kier molecular flexibility index (Phi) is 8.39. The minimum absolute atomic E-state index is 0.130. The minimum atomic E-state index is -3.86. The van der Waals surface area contributed by atoms with Crippen molar-refractivity contribution in [3.05, 3.63) is 135 Å². The molecule has 0 saturated heterocycles. The first kappa shape index (κ1) is 26.9. The van der Waals surface area contributed by atoms with Crippen LogP contribution in [0.4, 0.5) is 0 Å². The van der Waals surface area contributed by atoms with Gasteiger partial charge in [0.25, 0.3) is 0 Å². The van der Waals surface area contributed by atoms with Gasteiger partial charge in [0.2, 0.25) is 10.0 Å². The second kappa shape index (κ2) is 11.5. The molecule has 0 fully saturated rings. The van der Waals surface area contributed by atoms with E-state index in [0.717, 1.165) is 11.1 Å². The third-order valence-corrected chi connectivity index (χ3v) is 8.22. The zero-order chi connectivity index (χ0) is 26.5. The van der Waals surface area contributed by atoms with E-state index >= 15 is 0 Å². The fraction of sp³-hybridized carbons (Fsp3) is 0.133. The number of halogens is 2. The molecule has 0 aliphatic carbocycles. The maximum atomic E-state index is 13.6. The van der Waals surface area contributed by atoms with Crippen LogP contribution in [-0.2, 0) is 22.2 Å². The van der Waals surface area contributed by atoms with Gasteiger partial charge in [-0.25, -0.2) is 8.42 Å². The van der Waals surface area contributed by atoms with Gasteiger partial charge in [-0.15, -0.1) is 0 Å². The van der Waals surface area contributed by atoms with E-state index in [9.17, 15) is 13.5 Å². The Hall–Kier alpha value is -3.11. The Morgan fingerprint density at radius 3 is 1.81 bits per heavy atom. The third-order valence-electron chi connectivity index (χ3n) is 5.91. The average molecular weight is 551 g/mol. The molecule has 188 valence electrons. The summed E-state index contributed by atoms with van der Waals surface area (Å²) in [6.45, 7) is 1.90. The molecule has 0 spiro atoms. The highest BCUT2D eigenvalue weighted by Crippen LogP contribution is 2.31. The summed E-state index contributed by atoms with van der Waals surface area (Å²) >= 11 is 12.1. The summed E-state index contributed by atoms with van der Waals surface area (Å²) in [6.07, 6.45) is 0. The highest BCUT2D eigenvalue weighted by molar-refractivity contribution is 7.89. The number of benzene rings is 4. The van der Waals surface area contributed by atoms with Crippen molar-refractivity contribution in [3.63, 3.8) is 0 Å². The van der Waals surface area contributed by atoms with Crippen LogP contribution in [0.5, 0.6) is 0 Å². The maximum Gasteiger partial charge on any atom is 0.244 e. The predicted octanol–water partition coefficient (Wildman–Crippen LogP) is 6.43. The lowest BCUT2D eigenvalue weighted by Gasteiger charge is -2.24. The average Bonchev–Trinajstić information content (AvgIpc) is 2.89. The molecule has 0 heterocycles. The van der Waals surface area contributed by atoms with Crippen LogP contribution in [0.2, 0.25) is 10.0 Å². The normalized spacial score (nSPS) is 11.7. The second-order valence-corrected chi connectivity index (χ2v) is 11.4. The van der Waals surface area contributed by atoms with Crippen LogP contribution in [0.25, 0.3) is 0 Å². The summed E-state index contributed by atoms with van der Waals surface area (Å²) < 4.78 is 28.5. The van der Waals surface area contributed by atoms with Gasteiger partial charge in [-0.2, -0.15) is 4.31 Å². The van der Waals surface area contributed by atoms with Crippen molar-refractivity contribution in [3.8, 4) is 11.8 Å². The van der Waals surface area contributed by atoms with Crippen LogP contribution in [0, 0.1) is 18.8 Å². The number of hydrogen-bond acceptors (Lipinski definition) is 3. The molecule has 4 rings (SSSR count). The van der Waals surface area contributed by atoms with Crippen LogP contribution in [0.1, 0.15) is 22.3 Å². The maximum absolute atomic E-state index is 13.6. The van der Waals surface area contributed by atoms with Gasteiger partial charge in [-0.3, -0.25) is 0 Å². The fourth-order valence-corrected chi connectivity index (χ4v) is 5.40. The van der Waals surface area contributed by atoms with Crippen LogP contribution < -0.4 is 0 Å². The predicted molar refractivity (Wildman–Crippen MR) is 149 cm³/mol. The molecule has 0 aromatic heterocycles. The molecule has 0 aliphatic rings. The van der Waals surface area contributed by atoms with Crippen molar-refractivity contribution in [1.82, 2.24) is 4.31 Å². The molecular weight excluding hydrogens is 525 g/mol. The molecule has 4 aromatic rings. The quantitative estimate of drug-likeness (QED) is 0.270. The first-order chi connectivity index (χ1) is 17.7. The molecule has 0 bridgehead atoms. The van der Waals surface area contributed by atoms with E-state index in [1.165, 1.54) is 4.31 Å². The first-order valence-corrected chi connectivity index (χ1v) is 13.7. The van der Waals surface area contributed by atoms with Gasteiger partial charge in [-0.05, 0) is 48.9 Å². The van der Waals surface area contributed by atoms with E-state index in [1.54, 1.807) is 72.8 Å². The lowest BCUT2D eigenvalue weighted by atomic mass is 9.87. The molecular formula is C30H25Cl2NO3S. The lowest BCUT2D eigenvalue weighted by Crippen LogP contribution is -2.32. The molecule has 4 nitrogen and oxygen atoms in total. The molecule has 4 aromatic carbocycles. The van der Waals surface area contributed by atoms with Crippen molar-refractivity contribution in [2.24, 2.45) is 0 Å². The highest BCUT2D eigenvalue weighted by atomic mass is 35.5. The molecule has 0 amide bonds. The zero-order valence-electron chi connectivity index (χ0n) is 20.1. The summed E-state index contributed by atoms with van der Waals surface area (Å²) in [5.41, 5.74) is 1.08. The molecule has 0 atom stereocenters. The van der Waals surface area contributed by atoms with Crippen LogP contribution in [0.15, 0.2) is 108 Å². The largest absolute Gasteiger partial charge is 0.369 e. The second-order valence-electron chi connectivity index (χ2n) is 8.60. The van der Waals surface area contributed by atoms with Crippen LogP contribution >= 0.6 is 23.2 Å². The van der Waals surface area contributed by atoms with Crippen molar-refractivity contribution >= 4 is 33.2 Å². The smallest absolute Gasteiger partial charge is 0.244 e. The zero-order valence-corrected chi connectivity index (χ0v) is 22.4. The molecule has 0 radical (unpaired) electrons. The Morgan fingerprint density at radius 1 is 0.784 bits per heavy atom. The van der Waals surface area contributed by atoms with Gasteiger partial charge in [0, 0.05) is 27.7 Å². The number of hydrogen-bond donors (Lipinski definition) is 1. The molecule has 1 N–H and O–H groups in total. The Bertz CT molecular complexity index is 1460. The Labute approximate surface area is 228 Å². The van der Waals surface area contributed by atoms with Gasteiger partial charge < -0.3 is 5.11 Å². The minimum Gasteiger partial charge on any atom is -0.369 e. The molecule has 0 saturated carbocycles. The molecule has 0 aliphatic heterocycles. The number of nitrogens with zero attached hydrogens (tertiary/aromatic N) is 1. The number of aliphatic hydroxyl groups is 1. The topological polar surface area (TPSA) is 57.6 Å². The highest BCUT2D eigenvalue weighted by Gasteiger charge is 2.30. The van der Waals surface area contributed by atoms with Crippen molar-refractivity contribution < 1.29 is 13.5 Å². The van der Waals surface area contributed by atoms with Gasteiger partial charge >= 0.3 is 0 Å². The van der Waals surface area contributed by atoms with E-state index in [-0.39, 0.29) is 18.0 Å². The molecule has 0 unspecified atom stereocenters. The summed E-state index contributed by atoms with van der Waals surface area (Å²) in [6, 6.07) is 29.5. The van der Waals surface area contributed by atoms with E-state index in [2.05, 4.69) is 11.8 Å². The number of sulfonamides is 1. The van der Waals surface area contributed by atoms with E-state index in [0.29, 0.717) is 21.2 Å². The standard InChI is InChI=1S/C30H25Cl2NO3S/c1-23-8-18-29(19-9-23)37(35,36)33(22-24-6-3-2-4-7-24)21-5-20-30(34,25-10-14-27(31)15-11-25)26-12-16-28(32)17-13-26/h2-4,6-19,34H,21-22H2,1H3. The van der Waals surface area contributed by atoms with E-state index in [1.807, 2.05) is 37.3 Å². The van der Waals surface area contributed by atoms with Crippen molar-refractivity contribution in [1.29, 1.82) is 0 Å². The fourth-order valence-electron chi connectivity index (χ4n) is 3.82. The van der Waals surface area contributed by atoms with E-state index in [4.69, 9.17) is 23.2 Å². The van der Waals surface area contributed by atoms with Gasteiger partial charge in [0.1, 0.15) is 0 Å². The van der Waals surface area contributed by atoms with Gasteiger partial charge in [-0.1, -0.05) is 107 Å². The SMILES string of the molecule is Cc1ccc(S(=O)(=O)N(CC#CC(O)(c2ccc(Cl)cc2)c2ccc(Cl)cc2)Cc2ccccc2)cc1. The van der Waals surface area contributed by atoms with E-state index < -0.39 is 15.6 Å². The lowest BCUT2D eigenvalue weighted by molar-refractivity contribution is 0.145. The molecule has 37 heavy (non-hydrogen) atoms. The Balaban J connectivity index is 1.74. The summed E-state index contributed by atoms with van der Waals surface area (Å²) in [5, 5.41) is 12.8. The first-order valence-electron chi connectivity index (χ1n) is 11.5. The summed E-state index contributed by atoms with van der Waals surface area (Å²) in [7, 11) is -3.86. The summed E-state index contributed by atoms with van der Waals surface area (Å²) in [5.74, 6) is 5.87. The summed E-state index contributed by atoms with van der Waals surface area (Å²) in [4.78, 5) is 0.182. The van der Waals surface area contributed by atoms with Crippen LogP contribution in [-0.4, -0.2) is 24.4 Å². The molecule has 7 heteroatoms. The van der Waals surface area contributed by atoms with Gasteiger partial charge in [0.15, 0.2) is 5.60 Å². The van der Waals surface area contributed by atoms with Crippen molar-refractivity contribution in [2.45, 2.75) is 24.0 Å². The van der Waals surface area contributed by atoms with Crippen LogP contribution in [0.3, 0.4) is 0 Å². The van der Waals surface area contributed by atoms with Gasteiger partial charge in [0.05, 0.1) is 11.4 Å². The Morgan fingerprint density at radius 2 is 1.30 bits per heavy atom. The monoisotopic (exact) mass is 549 g/mol. The van der Waals surface area contributed by atoms with Crippen molar-refractivity contribution in [2.75, 3.05) is 6.54 Å². The number of aryl methyl sites for hydroxylation is 1.